The minimum Gasteiger partial charge on any atom is -0.481 e. The maximum absolute atomic E-state index is 10.7. The van der Waals surface area contributed by atoms with Crippen LogP contribution < -0.4 is 11.1 Å². The third-order valence-corrected chi connectivity index (χ3v) is 1.65. The molecular weight excluding hydrogens is 256 g/mol. The molecule has 0 heterocycles. The van der Waals surface area contributed by atoms with Gasteiger partial charge in [-0.15, -0.1) is 0 Å². The molecule has 5 N–H and O–H groups in total. The Labute approximate surface area is 109 Å². The molecule has 1 atom stereocenters. The van der Waals surface area contributed by atoms with Crippen LogP contribution >= 0.6 is 0 Å². The Hall–Kier alpha value is -2.64. The van der Waals surface area contributed by atoms with Crippen molar-refractivity contribution in [3.05, 3.63) is 25.3 Å². The van der Waals surface area contributed by atoms with Crippen LogP contribution in [0.15, 0.2) is 25.3 Å². The van der Waals surface area contributed by atoms with E-state index in [2.05, 4.69) is 24.2 Å². The van der Waals surface area contributed by atoms with Crippen molar-refractivity contribution in [2.75, 3.05) is 0 Å². The van der Waals surface area contributed by atoms with Crippen LogP contribution in [0.25, 0.3) is 0 Å². The first-order chi connectivity index (χ1) is 8.74. The highest BCUT2D eigenvalue weighted by molar-refractivity contribution is 5.90. The van der Waals surface area contributed by atoms with Crippen LogP contribution in [-0.2, 0) is 19.2 Å². The van der Waals surface area contributed by atoms with Gasteiger partial charge in [-0.3, -0.25) is 14.4 Å². The zero-order valence-corrected chi connectivity index (χ0v) is 10.2. The predicted molar refractivity (Wildman–Crippen MR) is 66.0 cm³/mol. The Balaban J connectivity index is 0. The number of hydrogen-bond donors (Lipinski definition) is 4. The normalized spacial score (nSPS) is 10.1. The summed E-state index contributed by atoms with van der Waals surface area (Å²) in [5.74, 6) is -3.49. The second kappa shape index (κ2) is 10.5. The van der Waals surface area contributed by atoms with E-state index in [1.54, 1.807) is 0 Å². The number of nitrogens with two attached hydrogens (primary N) is 1. The van der Waals surface area contributed by atoms with E-state index < -0.39 is 29.8 Å². The molecule has 8 heteroatoms. The summed E-state index contributed by atoms with van der Waals surface area (Å²) in [5, 5.41) is 19.0. The van der Waals surface area contributed by atoms with Gasteiger partial charge in [-0.05, 0) is 18.6 Å². The lowest BCUT2D eigenvalue weighted by atomic mass is 10.1. The van der Waals surface area contributed by atoms with Crippen LogP contribution in [0.5, 0.6) is 0 Å². The van der Waals surface area contributed by atoms with E-state index in [0.717, 1.165) is 12.2 Å². The lowest BCUT2D eigenvalue weighted by molar-refractivity contribution is -0.142. The molecule has 0 aliphatic carbocycles. The molecule has 0 fully saturated rings. The number of aliphatic carboxylic acids is 2. The zero-order valence-electron chi connectivity index (χ0n) is 10.2. The number of hydrogen-bond acceptors (Lipinski definition) is 4. The van der Waals surface area contributed by atoms with Gasteiger partial charge in [-0.1, -0.05) is 13.2 Å². The fourth-order valence-corrected chi connectivity index (χ4v) is 0.756. The number of amides is 2. The third kappa shape index (κ3) is 13.3. The number of rotatable bonds is 7. The summed E-state index contributed by atoms with van der Waals surface area (Å²) < 4.78 is 0. The van der Waals surface area contributed by atoms with Crippen molar-refractivity contribution in [2.24, 2.45) is 5.73 Å². The smallest absolute Gasteiger partial charge is 0.326 e. The second-order valence-corrected chi connectivity index (χ2v) is 3.14. The lowest BCUT2D eigenvalue weighted by Crippen LogP contribution is -2.40. The molecule has 0 spiro atoms. The quantitative estimate of drug-likeness (QED) is 0.449. The molecule has 0 radical (unpaired) electrons. The number of carboxylic acids is 2. The molecule has 0 bridgehead atoms. The molecular formula is C11H16N2O6. The van der Waals surface area contributed by atoms with Gasteiger partial charge in [-0.2, -0.15) is 0 Å². The third-order valence-electron chi connectivity index (χ3n) is 1.65. The Bertz CT molecular complexity index is 377. The van der Waals surface area contributed by atoms with Crippen molar-refractivity contribution < 1.29 is 29.4 Å². The van der Waals surface area contributed by atoms with Gasteiger partial charge < -0.3 is 21.3 Å². The average molecular weight is 272 g/mol. The van der Waals surface area contributed by atoms with Crippen LogP contribution in [0.4, 0.5) is 0 Å². The summed E-state index contributed by atoms with van der Waals surface area (Å²) in [4.78, 5) is 40.9. The Kier molecular flexibility index (Phi) is 10.4. The van der Waals surface area contributed by atoms with Crippen molar-refractivity contribution in [1.29, 1.82) is 0 Å². The minimum absolute atomic E-state index is 0.149. The van der Waals surface area contributed by atoms with Crippen LogP contribution in [0, 0.1) is 0 Å². The van der Waals surface area contributed by atoms with Gasteiger partial charge >= 0.3 is 11.9 Å². The number of carbonyl (C=O) groups is 4. The van der Waals surface area contributed by atoms with Gasteiger partial charge in [-0.25, -0.2) is 4.79 Å². The number of carboxylic acid groups (broad SMARTS) is 2. The SMILES string of the molecule is C=CC(=O)NC(CCC(=O)O)C(=O)O.C=CC(N)=O. The van der Waals surface area contributed by atoms with Crippen molar-refractivity contribution in [1.82, 2.24) is 5.32 Å². The van der Waals surface area contributed by atoms with Gasteiger partial charge in [0.05, 0.1) is 0 Å². The molecule has 0 aliphatic heterocycles. The van der Waals surface area contributed by atoms with E-state index in [4.69, 9.17) is 10.2 Å². The molecule has 2 amide bonds. The molecule has 0 aromatic heterocycles. The standard InChI is InChI=1S/C8H11NO5.C3H5NO/c1-2-6(10)9-5(8(13)14)3-4-7(11)12;1-2-3(4)5/h2,5H,1,3-4H2,(H,9,10)(H,11,12)(H,13,14);2H,1H2,(H2,4,5). The van der Waals surface area contributed by atoms with Gasteiger partial charge in [0.15, 0.2) is 0 Å². The summed E-state index contributed by atoms with van der Waals surface area (Å²) >= 11 is 0. The highest BCUT2D eigenvalue weighted by Gasteiger charge is 2.19. The van der Waals surface area contributed by atoms with Crippen molar-refractivity contribution >= 4 is 23.8 Å². The van der Waals surface area contributed by atoms with E-state index in [0.29, 0.717) is 0 Å². The summed E-state index contributed by atoms with van der Waals surface area (Å²) in [6.07, 6.45) is 1.52. The second-order valence-electron chi connectivity index (χ2n) is 3.14. The maximum Gasteiger partial charge on any atom is 0.326 e. The van der Waals surface area contributed by atoms with Gasteiger partial charge in [0.25, 0.3) is 0 Å². The largest absolute Gasteiger partial charge is 0.481 e. The topological polar surface area (TPSA) is 147 Å². The summed E-state index contributed by atoms with van der Waals surface area (Å²) in [7, 11) is 0. The Morgan fingerprint density at radius 3 is 1.89 bits per heavy atom. The minimum atomic E-state index is -1.26. The molecule has 0 rings (SSSR count). The van der Waals surface area contributed by atoms with Gasteiger partial charge in [0, 0.05) is 6.42 Å². The summed E-state index contributed by atoms with van der Waals surface area (Å²) in [6.45, 7) is 6.23. The van der Waals surface area contributed by atoms with Crippen LogP contribution in [0.3, 0.4) is 0 Å². The van der Waals surface area contributed by atoms with E-state index in [1.165, 1.54) is 0 Å². The number of carbonyl (C=O) groups excluding carboxylic acids is 2. The first kappa shape index (κ1) is 18.7. The highest BCUT2D eigenvalue weighted by atomic mass is 16.4. The first-order valence-corrected chi connectivity index (χ1v) is 5.04. The van der Waals surface area contributed by atoms with E-state index in [1.807, 2.05) is 0 Å². The predicted octanol–water partition coefficient (Wildman–Crippen LogP) is -0.736. The van der Waals surface area contributed by atoms with E-state index >= 15 is 0 Å². The molecule has 1 unspecified atom stereocenters. The molecule has 106 valence electrons. The van der Waals surface area contributed by atoms with Gasteiger partial charge in [0.2, 0.25) is 11.8 Å². The average Bonchev–Trinajstić information content (AvgIpc) is 2.34. The summed E-state index contributed by atoms with van der Waals surface area (Å²) in [5.41, 5.74) is 4.53. The van der Waals surface area contributed by atoms with Gasteiger partial charge in [0.1, 0.15) is 6.04 Å². The molecule has 19 heavy (non-hydrogen) atoms. The first-order valence-electron chi connectivity index (χ1n) is 5.04. The van der Waals surface area contributed by atoms with Crippen LogP contribution in [0.2, 0.25) is 0 Å². The number of primary amides is 1. The van der Waals surface area contributed by atoms with Crippen molar-refractivity contribution in [3.8, 4) is 0 Å². The molecule has 0 aliphatic rings. The molecule has 0 aromatic rings. The van der Waals surface area contributed by atoms with E-state index in [-0.39, 0.29) is 12.8 Å². The highest BCUT2D eigenvalue weighted by Crippen LogP contribution is 1.97. The molecule has 0 saturated heterocycles. The maximum atomic E-state index is 10.7. The monoisotopic (exact) mass is 272 g/mol. The molecule has 0 aromatic carbocycles. The lowest BCUT2D eigenvalue weighted by Gasteiger charge is -2.11. The Morgan fingerprint density at radius 2 is 1.63 bits per heavy atom. The fraction of sp³-hybridized carbons (Fsp3) is 0.273. The summed E-state index contributed by atoms with van der Waals surface area (Å²) in [6, 6.07) is -1.18. The molecule has 0 saturated carbocycles. The molecule has 8 nitrogen and oxygen atoms in total. The fourth-order valence-electron chi connectivity index (χ4n) is 0.756. The Morgan fingerprint density at radius 1 is 1.16 bits per heavy atom. The van der Waals surface area contributed by atoms with E-state index in [9.17, 15) is 19.2 Å². The van der Waals surface area contributed by atoms with Crippen LogP contribution in [-0.4, -0.2) is 40.0 Å². The number of nitrogens with one attached hydrogen (secondary N) is 1. The zero-order chi connectivity index (χ0) is 15.4. The van der Waals surface area contributed by atoms with Crippen LogP contribution in [0.1, 0.15) is 12.8 Å². The van der Waals surface area contributed by atoms with Crippen molar-refractivity contribution in [2.45, 2.75) is 18.9 Å². The van der Waals surface area contributed by atoms with Crippen molar-refractivity contribution in [3.63, 3.8) is 0 Å².